The molecule has 0 radical (unpaired) electrons. The molecule has 0 spiro atoms. The van der Waals surface area contributed by atoms with Crippen molar-refractivity contribution in [3.05, 3.63) is 54.4 Å². The highest BCUT2D eigenvalue weighted by Gasteiger charge is 2.36. The van der Waals surface area contributed by atoms with Crippen LogP contribution in [-0.4, -0.2) is 54.4 Å². The molecule has 1 aromatic carbocycles. The lowest BCUT2D eigenvalue weighted by Crippen LogP contribution is -2.39. The van der Waals surface area contributed by atoms with Gasteiger partial charge in [-0.3, -0.25) is 4.79 Å². The van der Waals surface area contributed by atoms with Crippen LogP contribution in [0.15, 0.2) is 53.7 Å². The molecule has 0 unspecified atom stereocenters. The second-order valence-corrected chi connectivity index (χ2v) is 9.90. The lowest BCUT2D eigenvalue weighted by molar-refractivity contribution is -0.129. The highest BCUT2D eigenvalue weighted by atomic mass is 32.2. The topological polar surface area (TPSA) is 123 Å². The molecule has 2 atom stereocenters. The Morgan fingerprint density at radius 1 is 1.21 bits per heavy atom. The molecule has 2 aromatic heterocycles. The zero-order chi connectivity index (χ0) is 23.8. The van der Waals surface area contributed by atoms with Gasteiger partial charge in [0.05, 0.1) is 28.3 Å². The Bertz CT molecular complexity index is 1400. The molecule has 1 fully saturated rings. The monoisotopic (exact) mass is 462 g/mol. The van der Waals surface area contributed by atoms with E-state index >= 15 is 0 Å². The molecule has 1 aliphatic heterocycles. The van der Waals surface area contributed by atoms with Crippen LogP contribution in [0.2, 0.25) is 0 Å². The summed E-state index contributed by atoms with van der Waals surface area (Å²) in [6.45, 7) is 2.93. The van der Waals surface area contributed by atoms with E-state index in [1.807, 2.05) is 24.9 Å². The van der Waals surface area contributed by atoms with Gasteiger partial charge in [0.25, 0.3) is 10.0 Å². The van der Waals surface area contributed by atoms with Gasteiger partial charge >= 0.3 is 0 Å². The number of likely N-dealkylation sites (tertiary alicyclic amines) is 1. The predicted octanol–water partition coefficient (Wildman–Crippen LogP) is 2.34. The molecule has 168 valence electrons. The van der Waals surface area contributed by atoms with Gasteiger partial charge in [0, 0.05) is 37.9 Å². The lowest BCUT2D eigenvalue weighted by Gasteiger charge is -2.30. The smallest absolute Gasteiger partial charge is 0.269 e. The summed E-state index contributed by atoms with van der Waals surface area (Å²) in [5, 5.41) is 19.1. The SMILES string of the molecule is C[C@H]1CN(C(=O)CC#N)C[C@H]1N(C)c1c(C#N)cnc2c1ccn2S(=O)(=O)c1ccccc1. The number of benzene rings is 1. The third-order valence-electron chi connectivity index (χ3n) is 6.08. The number of fused-ring (bicyclic) bond motifs is 1. The van der Waals surface area contributed by atoms with Crippen LogP contribution < -0.4 is 4.90 Å². The van der Waals surface area contributed by atoms with E-state index in [1.165, 1.54) is 24.5 Å². The largest absolute Gasteiger partial charge is 0.368 e. The van der Waals surface area contributed by atoms with Crippen LogP contribution in [0.1, 0.15) is 18.9 Å². The summed E-state index contributed by atoms with van der Waals surface area (Å²) < 4.78 is 27.5. The number of hydrogen-bond donors (Lipinski definition) is 0. The Morgan fingerprint density at radius 2 is 1.94 bits per heavy atom. The number of aromatic nitrogens is 2. The second kappa shape index (κ2) is 8.57. The minimum absolute atomic E-state index is 0.0857. The van der Waals surface area contributed by atoms with Crippen LogP contribution in [0.25, 0.3) is 11.0 Å². The van der Waals surface area contributed by atoms with Crippen LogP contribution in [0, 0.1) is 28.6 Å². The summed E-state index contributed by atoms with van der Waals surface area (Å²) in [4.78, 5) is 20.2. The van der Waals surface area contributed by atoms with Gasteiger partial charge in [-0.1, -0.05) is 25.1 Å². The molecule has 1 aliphatic rings. The lowest BCUT2D eigenvalue weighted by atomic mass is 10.0. The predicted molar refractivity (Wildman–Crippen MR) is 122 cm³/mol. The molecule has 4 rings (SSSR count). The zero-order valence-corrected chi connectivity index (χ0v) is 19.0. The van der Waals surface area contributed by atoms with E-state index in [4.69, 9.17) is 5.26 Å². The van der Waals surface area contributed by atoms with Crippen molar-refractivity contribution in [2.24, 2.45) is 5.92 Å². The minimum Gasteiger partial charge on any atom is -0.368 e. The van der Waals surface area contributed by atoms with Crippen molar-refractivity contribution in [2.75, 3.05) is 25.0 Å². The maximum atomic E-state index is 13.2. The first kappa shape index (κ1) is 22.3. The number of carbonyl (C=O) groups is 1. The summed E-state index contributed by atoms with van der Waals surface area (Å²) in [5.74, 6) is -0.136. The van der Waals surface area contributed by atoms with E-state index in [0.29, 0.717) is 29.7 Å². The number of nitriles is 2. The maximum absolute atomic E-state index is 13.2. The van der Waals surface area contributed by atoms with Crippen molar-refractivity contribution in [2.45, 2.75) is 24.3 Å². The van der Waals surface area contributed by atoms with Crippen molar-refractivity contribution < 1.29 is 13.2 Å². The van der Waals surface area contributed by atoms with Crippen molar-refractivity contribution in [1.82, 2.24) is 13.9 Å². The number of anilines is 1. The average molecular weight is 463 g/mol. The molecule has 10 heteroatoms. The maximum Gasteiger partial charge on any atom is 0.269 e. The van der Waals surface area contributed by atoms with Crippen LogP contribution in [-0.2, 0) is 14.8 Å². The van der Waals surface area contributed by atoms with E-state index in [1.54, 1.807) is 29.2 Å². The molecule has 0 saturated carbocycles. The van der Waals surface area contributed by atoms with E-state index in [9.17, 15) is 18.5 Å². The number of amides is 1. The first-order chi connectivity index (χ1) is 15.8. The van der Waals surface area contributed by atoms with Crippen molar-refractivity contribution in [1.29, 1.82) is 10.5 Å². The molecule has 1 saturated heterocycles. The van der Waals surface area contributed by atoms with Crippen LogP contribution in [0.3, 0.4) is 0 Å². The number of carbonyl (C=O) groups excluding carboxylic acids is 1. The van der Waals surface area contributed by atoms with Crippen LogP contribution >= 0.6 is 0 Å². The average Bonchev–Trinajstić information content (AvgIpc) is 3.43. The Morgan fingerprint density at radius 3 is 2.61 bits per heavy atom. The van der Waals surface area contributed by atoms with Crippen molar-refractivity contribution in [3.8, 4) is 12.1 Å². The first-order valence-electron chi connectivity index (χ1n) is 10.4. The molecule has 0 aliphatic carbocycles. The molecule has 0 N–H and O–H groups in total. The number of likely N-dealkylation sites (N-methyl/N-ethyl adjacent to an activating group) is 1. The van der Waals surface area contributed by atoms with Crippen LogP contribution in [0.4, 0.5) is 5.69 Å². The van der Waals surface area contributed by atoms with Gasteiger partial charge in [0.1, 0.15) is 12.5 Å². The molecule has 3 heterocycles. The normalized spacial score (nSPS) is 18.1. The van der Waals surface area contributed by atoms with Crippen molar-refractivity contribution in [3.63, 3.8) is 0 Å². The summed E-state index contributed by atoms with van der Waals surface area (Å²) in [6.07, 6.45) is 2.65. The number of rotatable bonds is 5. The van der Waals surface area contributed by atoms with E-state index in [-0.39, 0.29) is 34.8 Å². The molecule has 33 heavy (non-hydrogen) atoms. The number of pyridine rings is 1. The van der Waals surface area contributed by atoms with Gasteiger partial charge in [-0.05, 0) is 24.1 Å². The third-order valence-corrected chi connectivity index (χ3v) is 7.76. The summed E-state index contributed by atoms with van der Waals surface area (Å²) >= 11 is 0. The molecule has 0 bridgehead atoms. The highest BCUT2D eigenvalue weighted by molar-refractivity contribution is 7.90. The number of nitrogens with zero attached hydrogens (tertiary/aromatic N) is 6. The van der Waals surface area contributed by atoms with Gasteiger partial charge in [0.15, 0.2) is 5.65 Å². The van der Waals surface area contributed by atoms with Gasteiger partial charge in [0.2, 0.25) is 5.91 Å². The molecular weight excluding hydrogens is 440 g/mol. The highest BCUT2D eigenvalue weighted by Crippen LogP contribution is 2.35. The van der Waals surface area contributed by atoms with Gasteiger partial charge in [-0.2, -0.15) is 10.5 Å². The second-order valence-electron chi connectivity index (χ2n) is 8.09. The Hall–Kier alpha value is -3.89. The number of hydrogen-bond acceptors (Lipinski definition) is 7. The molecule has 3 aromatic rings. The van der Waals surface area contributed by atoms with Crippen LogP contribution in [0.5, 0.6) is 0 Å². The summed E-state index contributed by atoms with van der Waals surface area (Å²) in [6, 6.07) is 13.7. The quantitative estimate of drug-likeness (QED) is 0.570. The van der Waals surface area contributed by atoms with E-state index in [2.05, 4.69) is 11.1 Å². The molecule has 1 amide bonds. The fraction of sp³-hybridized carbons (Fsp3) is 0.304. The first-order valence-corrected chi connectivity index (χ1v) is 11.8. The Balaban J connectivity index is 1.78. The van der Waals surface area contributed by atoms with Gasteiger partial charge in [-0.25, -0.2) is 17.4 Å². The van der Waals surface area contributed by atoms with E-state index < -0.39 is 10.0 Å². The molecular formula is C23H22N6O3S. The molecule has 9 nitrogen and oxygen atoms in total. The van der Waals surface area contributed by atoms with E-state index in [0.717, 1.165) is 3.97 Å². The zero-order valence-electron chi connectivity index (χ0n) is 18.2. The minimum atomic E-state index is -3.87. The fourth-order valence-corrected chi connectivity index (χ4v) is 5.74. The summed E-state index contributed by atoms with van der Waals surface area (Å²) in [7, 11) is -2.04. The van der Waals surface area contributed by atoms with Gasteiger partial charge < -0.3 is 9.80 Å². The Kier molecular flexibility index (Phi) is 5.79. The standard InChI is InChI=1S/C23H22N6O3S/c1-16-14-28(21(30)8-10-24)15-20(16)27(2)22-17(12-25)13-26-23-19(22)9-11-29(23)33(31,32)18-6-4-3-5-7-18/h3-7,9,11,13,16,20H,8,14-15H2,1-2H3/t16-,20+/m0/s1. The Labute approximate surface area is 192 Å². The fourth-order valence-electron chi connectivity index (χ4n) is 4.41. The van der Waals surface area contributed by atoms with Gasteiger partial charge in [-0.15, -0.1) is 0 Å². The third kappa shape index (κ3) is 3.79. The summed E-state index contributed by atoms with van der Waals surface area (Å²) in [5.41, 5.74) is 1.10. The van der Waals surface area contributed by atoms with Crippen molar-refractivity contribution >= 4 is 32.7 Å².